The fraction of sp³-hybridized carbons (Fsp3) is 0.375. The van der Waals surface area contributed by atoms with E-state index >= 15 is 0 Å². The van der Waals surface area contributed by atoms with Gasteiger partial charge >= 0.3 is 0 Å². The Morgan fingerprint density at radius 2 is 2.25 bits per heavy atom. The summed E-state index contributed by atoms with van der Waals surface area (Å²) in [5.74, 6) is 0.611. The molecule has 120 valence electrons. The van der Waals surface area contributed by atoms with Crippen molar-refractivity contribution in [3.8, 4) is 6.07 Å². The largest absolute Gasteiger partial charge is 0.341 e. The molecular weight excluding hydrogens is 306 g/mol. The molecule has 0 N–H and O–H groups in total. The number of imidazole rings is 1. The predicted octanol–water partition coefficient (Wildman–Crippen LogP) is 1.29. The van der Waals surface area contributed by atoms with Gasteiger partial charge in [-0.05, 0) is 24.5 Å². The van der Waals surface area contributed by atoms with E-state index in [-0.39, 0.29) is 18.2 Å². The lowest BCUT2D eigenvalue weighted by Crippen LogP contribution is -2.39. The van der Waals surface area contributed by atoms with Gasteiger partial charge in [-0.25, -0.2) is 9.97 Å². The van der Waals surface area contributed by atoms with Crippen molar-refractivity contribution in [3.05, 3.63) is 30.2 Å². The van der Waals surface area contributed by atoms with Gasteiger partial charge < -0.3 is 4.90 Å². The molecule has 0 aliphatic carbocycles. The van der Waals surface area contributed by atoms with Crippen molar-refractivity contribution in [1.29, 1.82) is 5.26 Å². The van der Waals surface area contributed by atoms with Crippen LogP contribution in [0, 0.1) is 11.3 Å². The Morgan fingerprint density at radius 3 is 3.12 bits per heavy atom. The lowest BCUT2D eigenvalue weighted by atomic mass is 9.90. The molecule has 24 heavy (non-hydrogen) atoms. The van der Waals surface area contributed by atoms with E-state index < -0.39 is 0 Å². The molecule has 1 saturated heterocycles. The third kappa shape index (κ3) is 2.34. The van der Waals surface area contributed by atoms with Gasteiger partial charge in [0.2, 0.25) is 5.91 Å². The number of amides is 1. The summed E-state index contributed by atoms with van der Waals surface area (Å²) in [4.78, 5) is 22.3. The summed E-state index contributed by atoms with van der Waals surface area (Å²) in [6.07, 6.45) is 7.08. The Kier molecular flexibility index (Phi) is 3.54. The molecule has 0 radical (unpaired) electrons. The lowest BCUT2D eigenvalue weighted by molar-refractivity contribution is -0.131. The van der Waals surface area contributed by atoms with Crippen molar-refractivity contribution < 1.29 is 4.79 Å². The minimum absolute atomic E-state index is 0.0684. The van der Waals surface area contributed by atoms with Crippen LogP contribution in [0.3, 0.4) is 0 Å². The van der Waals surface area contributed by atoms with E-state index in [4.69, 9.17) is 5.26 Å². The van der Waals surface area contributed by atoms with Crippen LogP contribution in [0.2, 0.25) is 0 Å². The van der Waals surface area contributed by atoms with Crippen molar-refractivity contribution >= 4 is 22.8 Å². The number of carbonyl (C=O) groups excluding carboxylic acids is 1. The van der Waals surface area contributed by atoms with Gasteiger partial charge in [0.25, 0.3) is 5.78 Å². The van der Waals surface area contributed by atoms with Gasteiger partial charge in [-0.2, -0.15) is 5.26 Å². The smallest absolute Gasteiger partial charge is 0.254 e. The quantitative estimate of drug-likeness (QED) is 0.705. The number of piperidine rings is 1. The number of rotatable bonds is 2. The molecule has 1 atom stereocenters. The number of pyridine rings is 1. The molecule has 3 aromatic heterocycles. The first-order valence-corrected chi connectivity index (χ1v) is 7.87. The molecule has 1 fully saturated rings. The van der Waals surface area contributed by atoms with Crippen LogP contribution in [-0.2, 0) is 4.79 Å². The van der Waals surface area contributed by atoms with Crippen LogP contribution in [0.25, 0.3) is 16.9 Å². The molecule has 1 aliphatic rings. The minimum atomic E-state index is -0.104. The number of likely N-dealkylation sites (tertiary alicyclic amines) is 1. The maximum Gasteiger partial charge on any atom is 0.254 e. The van der Waals surface area contributed by atoms with E-state index in [1.54, 1.807) is 17.3 Å². The number of hydrogen-bond donors (Lipinski definition) is 0. The van der Waals surface area contributed by atoms with Crippen molar-refractivity contribution in [2.24, 2.45) is 0 Å². The zero-order chi connectivity index (χ0) is 16.5. The van der Waals surface area contributed by atoms with E-state index in [9.17, 15) is 4.79 Å². The fourth-order valence-corrected chi connectivity index (χ4v) is 3.38. The highest BCUT2D eigenvalue weighted by Gasteiger charge is 2.26. The van der Waals surface area contributed by atoms with Gasteiger partial charge in [0.1, 0.15) is 6.42 Å². The molecule has 0 bridgehead atoms. The van der Waals surface area contributed by atoms with Gasteiger partial charge in [0, 0.05) is 37.6 Å². The van der Waals surface area contributed by atoms with Crippen LogP contribution in [-0.4, -0.2) is 48.5 Å². The third-order valence-corrected chi connectivity index (χ3v) is 4.48. The van der Waals surface area contributed by atoms with Gasteiger partial charge in [-0.3, -0.25) is 9.20 Å². The second-order valence-electron chi connectivity index (χ2n) is 5.88. The molecule has 4 rings (SSSR count). The van der Waals surface area contributed by atoms with Crippen LogP contribution in [0.4, 0.5) is 0 Å². The number of fused-ring (bicyclic) bond motifs is 3. The summed E-state index contributed by atoms with van der Waals surface area (Å²) < 4.78 is 1.89. The third-order valence-electron chi connectivity index (χ3n) is 4.48. The maximum atomic E-state index is 12.1. The van der Waals surface area contributed by atoms with Crippen LogP contribution >= 0.6 is 0 Å². The van der Waals surface area contributed by atoms with Crippen LogP contribution < -0.4 is 0 Å². The average Bonchev–Trinajstić information content (AvgIpc) is 3.10. The van der Waals surface area contributed by atoms with E-state index in [1.165, 1.54) is 0 Å². The molecule has 8 heteroatoms. The average molecular weight is 321 g/mol. The van der Waals surface area contributed by atoms with Gasteiger partial charge in [0.05, 0.1) is 11.6 Å². The van der Waals surface area contributed by atoms with Crippen LogP contribution in [0.5, 0.6) is 0 Å². The highest BCUT2D eigenvalue weighted by atomic mass is 16.2. The fourth-order valence-electron chi connectivity index (χ4n) is 3.38. The van der Waals surface area contributed by atoms with E-state index in [0.717, 1.165) is 23.9 Å². The topological polar surface area (TPSA) is 100 Å². The molecular formula is C16H15N7O. The van der Waals surface area contributed by atoms with Gasteiger partial charge in [0.15, 0.2) is 5.65 Å². The Morgan fingerprint density at radius 1 is 1.33 bits per heavy atom. The SMILES string of the molecule is N#CCC(=O)N1CCCC(c2ccnc3nnc4nccn4c23)C1. The molecule has 4 heterocycles. The van der Waals surface area contributed by atoms with E-state index in [0.29, 0.717) is 24.5 Å². The number of nitriles is 1. The summed E-state index contributed by atoms with van der Waals surface area (Å²) in [6.45, 7) is 1.32. The molecule has 3 aromatic rings. The van der Waals surface area contributed by atoms with E-state index in [2.05, 4.69) is 20.2 Å². The summed E-state index contributed by atoms with van der Waals surface area (Å²) >= 11 is 0. The van der Waals surface area contributed by atoms with Crippen molar-refractivity contribution in [1.82, 2.24) is 29.5 Å². The monoisotopic (exact) mass is 321 g/mol. The minimum Gasteiger partial charge on any atom is -0.341 e. The highest BCUT2D eigenvalue weighted by Crippen LogP contribution is 2.31. The Bertz CT molecular complexity index is 958. The zero-order valence-electron chi connectivity index (χ0n) is 13.0. The summed E-state index contributed by atoms with van der Waals surface area (Å²) in [5, 5.41) is 17.0. The first kappa shape index (κ1) is 14.5. The number of aromatic nitrogens is 5. The first-order chi connectivity index (χ1) is 11.8. The molecule has 0 spiro atoms. The molecule has 1 amide bonds. The van der Waals surface area contributed by atoms with Crippen molar-refractivity contribution in [3.63, 3.8) is 0 Å². The van der Waals surface area contributed by atoms with E-state index in [1.807, 2.05) is 22.7 Å². The lowest BCUT2D eigenvalue weighted by Gasteiger charge is -2.33. The van der Waals surface area contributed by atoms with Gasteiger partial charge in [-0.15, -0.1) is 10.2 Å². The van der Waals surface area contributed by atoms with Crippen LogP contribution in [0.15, 0.2) is 24.7 Å². The highest BCUT2D eigenvalue weighted by molar-refractivity contribution is 5.79. The number of carbonyl (C=O) groups is 1. The number of hydrogen-bond acceptors (Lipinski definition) is 6. The maximum absolute atomic E-state index is 12.1. The summed E-state index contributed by atoms with van der Waals surface area (Å²) in [5.41, 5.74) is 2.55. The Labute approximate surface area is 137 Å². The zero-order valence-corrected chi connectivity index (χ0v) is 13.0. The summed E-state index contributed by atoms with van der Waals surface area (Å²) in [6, 6.07) is 3.92. The number of nitrogens with zero attached hydrogens (tertiary/aromatic N) is 7. The second kappa shape index (κ2) is 5.85. The standard InChI is InChI=1S/C16H15N7O/c17-5-3-13(24)22-8-1-2-11(10-22)12-4-6-18-15-14(12)23-9-7-19-16(23)21-20-15/h4,6-7,9,11H,1-3,8,10H2. The molecule has 1 unspecified atom stereocenters. The summed E-state index contributed by atoms with van der Waals surface area (Å²) in [7, 11) is 0. The molecule has 0 saturated carbocycles. The van der Waals surface area contributed by atoms with Crippen LogP contribution in [0.1, 0.15) is 30.7 Å². The van der Waals surface area contributed by atoms with Gasteiger partial charge in [-0.1, -0.05) is 0 Å². The molecule has 0 aromatic carbocycles. The Balaban J connectivity index is 1.77. The Hall–Kier alpha value is -3.08. The molecule has 8 nitrogen and oxygen atoms in total. The normalized spacial score (nSPS) is 18.0. The first-order valence-electron chi connectivity index (χ1n) is 7.87. The predicted molar refractivity (Wildman–Crippen MR) is 84.9 cm³/mol. The van der Waals surface area contributed by atoms with Crippen molar-refractivity contribution in [2.75, 3.05) is 13.1 Å². The molecule has 1 aliphatic heterocycles. The second-order valence-corrected chi connectivity index (χ2v) is 5.88. The van der Waals surface area contributed by atoms with Crippen molar-refractivity contribution in [2.45, 2.75) is 25.2 Å².